The molecule has 68 valence electrons. The van der Waals surface area contributed by atoms with Crippen LogP contribution in [0.3, 0.4) is 0 Å². The first-order valence-corrected chi connectivity index (χ1v) is 5.05. The lowest BCUT2D eigenvalue weighted by molar-refractivity contribution is 0.603. The van der Waals surface area contributed by atoms with E-state index in [1.54, 1.807) is 17.5 Å². The number of oxazole rings is 1. The average Bonchev–Trinajstić information content (AvgIpc) is 2.88. The number of aromatic nitrogens is 2. The largest absolute Gasteiger partial charge is 0.443 e. The molecule has 3 rings (SSSR count). The number of hydrogen-bond acceptors (Lipinski definition) is 4. The molecule has 0 aliphatic carbocycles. The number of nitrogens with zero attached hydrogens (tertiary/aromatic N) is 2. The zero-order valence-electron chi connectivity index (χ0n) is 7.18. The molecule has 1 aromatic carbocycles. The number of fused-ring (bicyclic) bond motifs is 1. The highest BCUT2D eigenvalue weighted by Crippen LogP contribution is 2.28. The lowest BCUT2D eigenvalue weighted by Gasteiger charge is -1.95. The van der Waals surface area contributed by atoms with Gasteiger partial charge < -0.3 is 4.42 Å². The summed E-state index contributed by atoms with van der Waals surface area (Å²) in [5.74, 6) is 0. The molecule has 2 heterocycles. The van der Waals surface area contributed by atoms with Crippen LogP contribution in [0.15, 0.2) is 40.6 Å². The standard InChI is InChI=1S/C10H6N2OS/c1-2-7(10-11-4-5-14-10)9-8(3-1)12-6-13-9/h1-6H. The number of para-hydroxylation sites is 1. The van der Waals surface area contributed by atoms with Gasteiger partial charge in [0.2, 0.25) is 0 Å². The van der Waals surface area contributed by atoms with Gasteiger partial charge in [0, 0.05) is 11.6 Å². The zero-order valence-corrected chi connectivity index (χ0v) is 7.99. The van der Waals surface area contributed by atoms with Crippen molar-refractivity contribution in [3.8, 4) is 10.6 Å². The fourth-order valence-electron chi connectivity index (χ4n) is 1.41. The predicted molar refractivity (Wildman–Crippen MR) is 55.1 cm³/mol. The molecule has 14 heavy (non-hydrogen) atoms. The van der Waals surface area contributed by atoms with Crippen molar-refractivity contribution in [1.82, 2.24) is 9.97 Å². The summed E-state index contributed by atoms with van der Waals surface area (Å²) in [7, 11) is 0. The molecule has 3 nitrogen and oxygen atoms in total. The Hall–Kier alpha value is -1.68. The summed E-state index contributed by atoms with van der Waals surface area (Å²) in [6, 6.07) is 5.88. The van der Waals surface area contributed by atoms with Gasteiger partial charge in [-0.25, -0.2) is 9.97 Å². The second kappa shape index (κ2) is 2.92. The first-order valence-electron chi connectivity index (χ1n) is 4.17. The Labute approximate surface area is 84.0 Å². The van der Waals surface area contributed by atoms with Crippen molar-refractivity contribution in [3.05, 3.63) is 36.2 Å². The van der Waals surface area contributed by atoms with Crippen LogP contribution in [-0.2, 0) is 0 Å². The number of hydrogen-bond donors (Lipinski definition) is 0. The van der Waals surface area contributed by atoms with Crippen molar-refractivity contribution < 1.29 is 4.42 Å². The fourth-order valence-corrected chi connectivity index (χ4v) is 2.07. The van der Waals surface area contributed by atoms with E-state index in [4.69, 9.17) is 4.42 Å². The molecular formula is C10H6N2OS. The Morgan fingerprint density at radius 3 is 3.07 bits per heavy atom. The summed E-state index contributed by atoms with van der Waals surface area (Å²) in [4.78, 5) is 8.35. The summed E-state index contributed by atoms with van der Waals surface area (Å²) in [5, 5.41) is 2.91. The molecule has 0 radical (unpaired) electrons. The SMILES string of the molecule is c1cc(-c2nccs2)c2ocnc2c1. The maximum atomic E-state index is 5.33. The maximum absolute atomic E-state index is 5.33. The van der Waals surface area contributed by atoms with Gasteiger partial charge >= 0.3 is 0 Å². The maximum Gasteiger partial charge on any atom is 0.182 e. The van der Waals surface area contributed by atoms with Crippen LogP contribution in [0.25, 0.3) is 21.7 Å². The quantitative estimate of drug-likeness (QED) is 0.609. The molecule has 0 spiro atoms. The molecule has 0 atom stereocenters. The third-order valence-electron chi connectivity index (χ3n) is 2.02. The van der Waals surface area contributed by atoms with Crippen molar-refractivity contribution in [2.45, 2.75) is 0 Å². The highest BCUT2D eigenvalue weighted by Gasteiger charge is 2.08. The van der Waals surface area contributed by atoms with E-state index in [-0.39, 0.29) is 0 Å². The highest BCUT2D eigenvalue weighted by molar-refractivity contribution is 7.13. The lowest BCUT2D eigenvalue weighted by Crippen LogP contribution is -1.76. The minimum atomic E-state index is 0.808. The Balaban J connectivity index is 2.36. The van der Waals surface area contributed by atoms with Crippen LogP contribution in [0.4, 0.5) is 0 Å². The highest BCUT2D eigenvalue weighted by atomic mass is 32.1. The second-order valence-electron chi connectivity index (χ2n) is 2.84. The summed E-state index contributed by atoms with van der Waals surface area (Å²) < 4.78 is 5.33. The van der Waals surface area contributed by atoms with E-state index in [1.165, 1.54) is 6.39 Å². The summed E-state index contributed by atoms with van der Waals surface area (Å²) in [5.41, 5.74) is 2.69. The van der Waals surface area contributed by atoms with E-state index in [0.717, 1.165) is 21.7 Å². The Morgan fingerprint density at radius 2 is 2.21 bits per heavy atom. The topological polar surface area (TPSA) is 38.9 Å². The molecule has 0 saturated carbocycles. The van der Waals surface area contributed by atoms with Crippen LogP contribution in [0.1, 0.15) is 0 Å². The van der Waals surface area contributed by atoms with Gasteiger partial charge in [0.25, 0.3) is 0 Å². The summed E-state index contributed by atoms with van der Waals surface area (Å²) in [6.07, 6.45) is 3.25. The number of thiazole rings is 1. The van der Waals surface area contributed by atoms with Crippen LogP contribution >= 0.6 is 11.3 Å². The van der Waals surface area contributed by atoms with E-state index < -0.39 is 0 Å². The Kier molecular flexibility index (Phi) is 1.61. The number of rotatable bonds is 1. The van der Waals surface area contributed by atoms with Gasteiger partial charge in [0.1, 0.15) is 10.5 Å². The van der Waals surface area contributed by atoms with Crippen molar-refractivity contribution in [2.75, 3.05) is 0 Å². The van der Waals surface area contributed by atoms with Crippen LogP contribution in [0.5, 0.6) is 0 Å². The first-order chi connectivity index (χ1) is 6.95. The third kappa shape index (κ3) is 1.04. The monoisotopic (exact) mass is 202 g/mol. The van der Waals surface area contributed by atoms with Crippen LogP contribution in [-0.4, -0.2) is 9.97 Å². The van der Waals surface area contributed by atoms with Crippen LogP contribution in [0, 0.1) is 0 Å². The molecule has 0 amide bonds. The molecule has 0 aliphatic rings. The average molecular weight is 202 g/mol. The molecule has 4 heteroatoms. The number of benzene rings is 1. The normalized spacial score (nSPS) is 10.9. The summed E-state index contributed by atoms with van der Waals surface area (Å²) >= 11 is 1.60. The van der Waals surface area contributed by atoms with Gasteiger partial charge in [-0.15, -0.1) is 11.3 Å². The molecule has 0 unspecified atom stereocenters. The molecule has 3 aromatic rings. The molecule has 0 saturated heterocycles. The molecule has 0 bridgehead atoms. The van der Waals surface area contributed by atoms with Gasteiger partial charge in [-0.1, -0.05) is 6.07 Å². The van der Waals surface area contributed by atoms with E-state index in [0.29, 0.717) is 0 Å². The smallest absolute Gasteiger partial charge is 0.182 e. The summed E-state index contributed by atoms with van der Waals surface area (Å²) in [6.45, 7) is 0. The van der Waals surface area contributed by atoms with Crippen molar-refractivity contribution >= 4 is 22.4 Å². The molecule has 0 fully saturated rings. The van der Waals surface area contributed by atoms with Crippen molar-refractivity contribution in [3.63, 3.8) is 0 Å². The fraction of sp³-hybridized carbons (Fsp3) is 0. The lowest BCUT2D eigenvalue weighted by atomic mass is 10.2. The van der Waals surface area contributed by atoms with Gasteiger partial charge in [0.05, 0.1) is 5.56 Å². The molecule has 0 N–H and O–H groups in total. The second-order valence-corrected chi connectivity index (χ2v) is 3.74. The Morgan fingerprint density at radius 1 is 1.21 bits per heavy atom. The van der Waals surface area contributed by atoms with Gasteiger partial charge in [-0.05, 0) is 12.1 Å². The van der Waals surface area contributed by atoms with Crippen molar-refractivity contribution in [2.24, 2.45) is 0 Å². The molecule has 0 aliphatic heterocycles. The van der Waals surface area contributed by atoms with Gasteiger partial charge in [0.15, 0.2) is 12.0 Å². The Bertz CT molecular complexity index is 556. The van der Waals surface area contributed by atoms with Crippen molar-refractivity contribution in [1.29, 1.82) is 0 Å². The van der Waals surface area contributed by atoms with Crippen LogP contribution < -0.4 is 0 Å². The minimum absolute atomic E-state index is 0.808. The van der Waals surface area contributed by atoms with Gasteiger partial charge in [-0.3, -0.25) is 0 Å². The van der Waals surface area contributed by atoms with E-state index >= 15 is 0 Å². The predicted octanol–water partition coefficient (Wildman–Crippen LogP) is 2.95. The van der Waals surface area contributed by atoms with Gasteiger partial charge in [-0.2, -0.15) is 0 Å². The zero-order chi connectivity index (χ0) is 9.38. The third-order valence-corrected chi connectivity index (χ3v) is 2.83. The van der Waals surface area contributed by atoms with E-state index in [9.17, 15) is 0 Å². The molecule has 2 aromatic heterocycles. The van der Waals surface area contributed by atoms with E-state index in [1.807, 2.05) is 23.6 Å². The van der Waals surface area contributed by atoms with E-state index in [2.05, 4.69) is 9.97 Å². The minimum Gasteiger partial charge on any atom is -0.443 e. The first kappa shape index (κ1) is 7.70. The van der Waals surface area contributed by atoms with Crippen LogP contribution in [0.2, 0.25) is 0 Å². The molecular weight excluding hydrogens is 196 g/mol.